The van der Waals surface area contributed by atoms with Crippen LogP contribution in [0.4, 0.5) is 0 Å². The average Bonchev–Trinajstić information content (AvgIpc) is 2.37. The Morgan fingerprint density at radius 1 is 1.50 bits per heavy atom. The van der Waals surface area contributed by atoms with Gasteiger partial charge in [0.25, 0.3) is 0 Å². The van der Waals surface area contributed by atoms with Gasteiger partial charge in [0.2, 0.25) is 0 Å². The second-order valence-electron chi connectivity index (χ2n) is 1.77. The van der Waals surface area contributed by atoms with Crippen LogP contribution in [0.5, 0.6) is 0 Å². The van der Waals surface area contributed by atoms with E-state index in [0.717, 1.165) is 9.75 Å². The van der Waals surface area contributed by atoms with Gasteiger partial charge < -0.3 is 5.41 Å². The maximum Gasteiger partial charge on any atom is 0.0455 e. The topological polar surface area (TPSA) is 36.2 Å². The highest BCUT2D eigenvalue weighted by Crippen LogP contribution is 2.11. The van der Waals surface area contributed by atoms with Crippen molar-refractivity contribution in [3.8, 4) is 0 Å². The lowest BCUT2D eigenvalue weighted by molar-refractivity contribution is 1.47. The van der Waals surface area contributed by atoms with Gasteiger partial charge in [-0.05, 0) is 12.1 Å². The highest BCUT2D eigenvalue weighted by molar-refractivity contribution is 7.15. The molecule has 10 heavy (non-hydrogen) atoms. The minimum Gasteiger partial charge on any atom is -0.307 e. The van der Waals surface area contributed by atoms with Gasteiger partial charge in [-0.1, -0.05) is 0 Å². The summed E-state index contributed by atoms with van der Waals surface area (Å²) in [5.74, 6) is 0. The summed E-state index contributed by atoms with van der Waals surface area (Å²) < 4.78 is 0. The summed E-state index contributed by atoms with van der Waals surface area (Å²) in [6, 6.07) is 3.87. The number of thiophene rings is 1. The number of rotatable bonds is 2. The molecule has 1 heterocycles. The number of aliphatic imine (C=N–C) groups is 1. The van der Waals surface area contributed by atoms with E-state index in [2.05, 4.69) is 4.99 Å². The molecule has 0 radical (unpaired) electrons. The van der Waals surface area contributed by atoms with Crippen LogP contribution in [0.25, 0.3) is 0 Å². The van der Waals surface area contributed by atoms with E-state index in [1.807, 2.05) is 12.1 Å². The molecule has 1 aromatic heterocycles. The lowest BCUT2D eigenvalue weighted by Gasteiger charge is -1.77. The summed E-state index contributed by atoms with van der Waals surface area (Å²) in [5, 5.41) is 6.93. The molecular weight excluding hydrogens is 144 g/mol. The standard InChI is InChI=1S/C7H8N2S/c1-9-5-7-3-2-6(4-8)10-7/h2-5,8H,1H3. The number of hydrogen-bond acceptors (Lipinski definition) is 3. The van der Waals surface area contributed by atoms with Crippen molar-refractivity contribution < 1.29 is 0 Å². The van der Waals surface area contributed by atoms with Gasteiger partial charge in [-0.25, -0.2) is 0 Å². The lowest BCUT2D eigenvalue weighted by Crippen LogP contribution is -1.68. The summed E-state index contributed by atoms with van der Waals surface area (Å²) in [6.07, 6.45) is 3.13. The van der Waals surface area contributed by atoms with Crippen molar-refractivity contribution in [3.05, 3.63) is 21.9 Å². The van der Waals surface area contributed by atoms with E-state index in [9.17, 15) is 0 Å². The molecule has 2 nitrogen and oxygen atoms in total. The molecule has 0 saturated heterocycles. The van der Waals surface area contributed by atoms with Crippen LogP contribution in [0.15, 0.2) is 17.1 Å². The minimum atomic E-state index is 0.968. The molecule has 1 rings (SSSR count). The van der Waals surface area contributed by atoms with E-state index in [4.69, 9.17) is 5.41 Å². The summed E-state index contributed by atoms with van der Waals surface area (Å²) in [4.78, 5) is 5.93. The highest BCUT2D eigenvalue weighted by atomic mass is 32.1. The largest absolute Gasteiger partial charge is 0.307 e. The predicted octanol–water partition coefficient (Wildman–Crippen LogP) is 1.79. The first-order valence-electron chi connectivity index (χ1n) is 2.89. The molecule has 0 aliphatic heterocycles. The van der Waals surface area contributed by atoms with Crippen molar-refractivity contribution in [1.82, 2.24) is 0 Å². The van der Waals surface area contributed by atoms with Crippen molar-refractivity contribution in [1.29, 1.82) is 5.41 Å². The van der Waals surface area contributed by atoms with Crippen molar-refractivity contribution in [2.24, 2.45) is 4.99 Å². The van der Waals surface area contributed by atoms with Gasteiger partial charge in [-0.15, -0.1) is 11.3 Å². The van der Waals surface area contributed by atoms with Crippen LogP contribution in [0, 0.1) is 5.41 Å². The summed E-state index contributed by atoms with van der Waals surface area (Å²) in [6.45, 7) is 0. The van der Waals surface area contributed by atoms with Gasteiger partial charge in [0.15, 0.2) is 0 Å². The summed E-state index contributed by atoms with van der Waals surface area (Å²) in [5.41, 5.74) is 0. The van der Waals surface area contributed by atoms with Crippen molar-refractivity contribution in [2.75, 3.05) is 7.05 Å². The molecule has 0 aromatic carbocycles. The van der Waals surface area contributed by atoms with Crippen LogP contribution in [0.1, 0.15) is 9.75 Å². The third-order valence-corrected chi connectivity index (χ3v) is 2.01. The van der Waals surface area contributed by atoms with E-state index in [0.29, 0.717) is 0 Å². The Morgan fingerprint density at radius 2 is 2.20 bits per heavy atom. The number of nitrogens with zero attached hydrogens (tertiary/aromatic N) is 1. The van der Waals surface area contributed by atoms with Gasteiger partial charge in [-0.3, -0.25) is 4.99 Å². The fraction of sp³-hybridized carbons (Fsp3) is 0.143. The van der Waals surface area contributed by atoms with Gasteiger partial charge in [0, 0.05) is 29.2 Å². The fourth-order valence-corrected chi connectivity index (χ4v) is 1.40. The molecule has 0 saturated carbocycles. The monoisotopic (exact) mass is 152 g/mol. The molecule has 0 spiro atoms. The Hall–Kier alpha value is -0.960. The molecule has 0 atom stereocenters. The number of hydrogen-bond donors (Lipinski definition) is 1. The molecule has 3 heteroatoms. The van der Waals surface area contributed by atoms with Gasteiger partial charge in [-0.2, -0.15) is 0 Å². The van der Waals surface area contributed by atoms with Crippen LogP contribution < -0.4 is 0 Å². The van der Waals surface area contributed by atoms with Crippen LogP contribution in [0.3, 0.4) is 0 Å². The van der Waals surface area contributed by atoms with Crippen molar-refractivity contribution >= 4 is 23.8 Å². The van der Waals surface area contributed by atoms with Crippen molar-refractivity contribution in [3.63, 3.8) is 0 Å². The lowest BCUT2D eigenvalue weighted by atomic mass is 10.4. The third kappa shape index (κ3) is 1.51. The molecule has 0 amide bonds. The predicted molar refractivity (Wildman–Crippen MR) is 45.7 cm³/mol. The first-order valence-corrected chi connectivity index (χ1v) is 3.71. The smallest absolute Gasteiger partial charge is 0.0455 e. The molecule has 52 valence electrons. The highest BCUT2D eigenvalue weighted by Gasteiger charge is 1.91. The van der Waals surface area contributed by atoms with Crippen LogP contribution >= 0.6 is 11.3 Å². The summed E-state index contributed by atoms with van der Waals surface area (Å²) >= 11 is 1.57. The van der Waals surface area contributed by atoms with E-state index >= 15 is 0 Å². The molecule has 0 aliphatic rings. The van der Waals surface area contributed by atoms with Crippen LogP contribution in [-0.2, 0) is 0 Å². The van der Waals surface area contributed by atoms with Crippen LogP contribution in [-0.4, -0.2) is 19.5 Å². The average molecular weight is 152 g/mol. The molecule has 0 bridgehead atoms. The number of nitrogens with one attached hydrogen (secondary N) is 1. The second kappa shape index (κ2) is 3.27. The molecule has 0 aliphatic carbocycles. The molecule has 1 N–H and O–H groups in total. The summed E-state index contributed by atoms with van der Waals surface area (Å²) in [7, 11) is 1.74. The maximum absolute atomic E-state index is 6.93. The molecule has 0 unspecified atom stereocenters. The van der Waals surface area contributed by atoms with Gasteiger partial charge >= 0.3 is 0 Å². The van der Waals surface area contributed by atoms with Crippen LogP contribution in [0.2, 0.25) is 0 Å². The molecule has 0 fully saturated rings. The van der Waals surface area contributed by atoms with Crippen molar-refractivity contribution in [2.45, 2.75) is 0 Å². The zero-order chi connectivity index (χ0) is 7.40. The van der Waals surface area contributed by atoms with E-state index in [1.165, 1.54) is 6.21 Å². The van der Waals surface area contributed by atoms with Gasteiger partial charge in [0.05, 0.1) is 0 Å². The zero-order valence-corrected chi connectivity index (χ0v) is 6.48. The Balaban J connectivity index is 2.87. The Kier molecular flexibility index (Phi) is 2.34. The van der Waals surface area contributed by atoms with E-state index < -0.39 is 0 Å². The quantitative estimate of drug-likeness (QED) is 0.627. The fourth-order valence-electron chi connectivity index (χ4n) is 0.643. The second-order valence-corrected chi connectivity index (χ2v) is 2.92. The van der Waals surface area contributed by atoms with E-state index in [1.54, 1.807) is 24.6 Å². The Labute approximate surface area is 63.7 Å². The molecular formula is C7H8N2S. The SMILES string of the molecule is CN=Cc1ccc(C=N)s1. The normalized spacial score (nSPS) is 10.5. The third-order valence-electron chi connectivity index (χ3n) is 1.05. The maximum atomic E-state index is 6.93. The minimum absolute atomic E-state index is 0.968. The molecule has 1 aromatic rings. The zero-order valence-electron chi connectivity index (χ0n) is 5.66. The van der Waals surface area contributed by atoms with Gasteiger partial charge in [0.1, 0.15) is 0 Å². The first-order chi connectivity index (χ1) is 4.86. The Morgan fingerprint density at radius 3 is 2.70 bits per heavy atom. The first kappa shape index (κ1) is 7.15. The van der Waals surface area contributed by atoms with E-state index in [-0.39, 0.29) is 0 Å². The Bertz CT molecular complexity index is 250.